The van der Waals surface area contributed by atoms with Gasteiger partial charge in [-0.3, -0.25) is 4.79 Å². The van der Waals surface area contributed by atoms with E-state index in [-0.39, 0.29) is 10.0 Å². The number of nitrogen functional groups attached to an aromatic ring is 1. The standard InChI is InChI=1S/C13H9BrClFN2O/c14-12-8(2-1-3-10(12)16)13(19)18-7-4-5-11(17)9(15)6-7/h1-6H,17H2,(H,18,19). The topological polar surface area (TPSA) is 55.1 Å². The summed E-state index contributed by atoms with van der Waals surface area (Å²) in [5, 5.41) is 2.96. The molecule has 19 heavy (non-hydrogen) atoms. The van der Waals surface area contributed by atoms with Crippen LogP contribution in [0.3, 0.4) is 0 Å². The molecule has 0 aliphatic rings. The number of halogens is 3. The molecule has 0 saturated carbocycles. The van der Waals surface area contributed by atoms with E-state index < -0.39 is 11.7 Å². The number of benzene rings is 2. The van der Waals surface area contributed by atoms with Crippen LogP contribution in [0.25, 0.3) is 0 Å². The number of rotatable bonds is 2. The molecule has 0 saturated heterocycles. The van der Waals surface area contributed by atoms with Crippen molar-refractivity contribution >= 4 is 44.8 Å². The van der Waals surface area contributed by atoms with Gasteiger partial charge in [-0.15, -0.1) is 0 Å². The smallest absolute Gasteiger partial charge is 0.256 e. The molecule has 0 aromatic heterocycles. The van der Waals surface area contributed by atoms with Crippen LogP contribution in [0.1, 0.15) is 10.4 Å². The summed E-state index contributed by atoms with van der Waals surface area (Å²) in [5.74, 6) is -0.935. The highest BCUT2D eigenvalue weighted by Crippen LogP contribution is 2.25. The highest BCUT2D eigenvalue weighted by atomic mass is 79.9. The van der Waals surface area contributed by atoms with Crippen molar-refractivity contribution in [3.8, 4) is 0 Å². The maximum Gasteiger partial charge on any atom is 0.256 e. The van der Waals surface area contributed by atoms with Crippen LogP contribution >= 0.6 is 27.5 Å². The lowest BCUT2D eigenvalue weighted by atomic mass is 10.2. The van der Waals surface area contributed by atoms with Crippen LogP contribution in [0.2, 0.25) is 5.02 Å². The van der Waals surface area contributed by atoms with Crippen molar-refractivity contribution in [3.05, 3.63) is 57.3 Å². The fraction of sp³-hybridized carbons (Fsp3) is 0. The molecule has 2 aromatic carbocycles. The number of carbonyl (C=O) groups excluding carboxylic acids is 1. The lowest BCUT2D eigenvalue weighted by molar-refractivity contribution is 0.102. The molecule has 98 valence electrons. The molecule has 0 aliphatic carbocycles. The molecule has 0 heterocycles. The quantitative estimate of drug-likeness (QED) is 0.807. The number of hydrogen-bond donors (Lipinski definition) is 2. The Labute approximate surface area is 122 Å². The van der Waals surface area contributed by atoms with Gasteiger partial charge >= 0.3 is 0 Å². The van der Waals surface area contributed by atoms with Crippen molar-refractivity contribution < 1.29 is 9.18 Å². The van der Waals surface area contributed by atoms with E-state index in [1.54, 1.807) is 12.1 Å². The fourth-order valence-electron chi connectivity index (χ4n) is 1.48. The summed E-state index contributed by atoms with van der Waals surface area (Å²) in [6, 6.07) is 8.97. The molecule has 3 N–H and O–H groups in total. The van der Waals surface area contributed by atoms with Crippen LogP contribution in [0.15, 0.2) is 40.9 Å². The van der Waals surface area contributed by atoms with E-state index >= 15 is 0 Å². The summed E-state index contributed by atoms with van der Waals surface area (Å²) in [4.78, 5) is 12.0. The Bertz CT molecular complexity index is 649. The Kier molecular flexibility index (Phi) is 4.07. The van der Waals surface area contributed by atoms with Crippen LogP contribution in [0, 0.1) is 5.82 Å². The zero-order chi connectivity index (χ0) is 14.0. The predicted molar refractivity (Wildman–Crippen MR) is 77.9 cm³/mol. The summed E-state index contributed by atoms with van der Waals surface area (Å²) in [5.41, 5.74) is 6.68. The van der Waals surface area contributed by atoms with Gasteiger partial charge in [0.05, 0.1) is 20.7 Å². The Balaban J connectivity index is 2.26. The molecule has 6 heteroatoms. The van der Waals surface area contributed by atoms with Crippen molar-refractivity contribution in [1.29, 1.82) is 0 Å². The summed E-state index contributed by atoms with van der Waals surface area (Å²) in [6.45, 7) is 0. The lowest BCUT2D eigenvalue weighted by Crippen LogP contribution is -2.13. The van der Waals surface area contributed by atoms with Gasteiger partial charge < -0.3 is 11.1 Å². The van der Waals surface area contributed by atoms with Gasteiger partial charge in [-0.05, 0) is 46.3 Å². The van der Waals surface area contributed by atoms with Gasteiger partial charge in [0.25, 0.3) is 5.91 Å². The average Bonchev–Trinajstić information content (AvgIpc) is 2.37. The molecule has 0 radical (unpaired) electrons. The third-order valence-electron chi connectivity index (χ3n) is 2.45. The Morgan fingerprint density at radius 2 is 2.05 bits per heavy atom. The van der Waals surface area contributed by atoms with Gasteiger partial charge in [0.2, 0.25) is 0 Å². The molecule has 2 aromatic rings. The SMILES string of the molecule is Nc1ccc(NC(=O)c2cccc(F)c2Br)cc1Cl. The van der Waals surface area contributed by atoms with Gasteiger partial charge in [-0.25, -0.2) is 4.39 Å². The zero-order valence-electron chi connectivity index (χ0n) is 9.58. The van der Waals surface area contributed by atoms with Gasteiger partial charge in [-0.2, -0.15) is 0 Å². The van der Waals surface area contributed by atoms with Crippen LogP contribution in [-0.4, -0.2) is 5.91 Å². The number of nitrogens with two attached hydrogens (primary N) is 1. The summed E-state index contributed by atoms with van der Waals surface area (Å²) in [7, 11) is 0. The molecule has 2 rings (SSSR count). The van der Waals surface area contributed by atoms with E-state index in [0.717, 1.165) is 0 Å². The lowest BCUT2D eigenvalue weighted by Gasteiger charge is -2.08. The molecule has 0 aliphatic heterocycles. The van der Waals surface area contributed by atoms with Crippen molar-refractivity contribution in [2.24, 2.45) is 0 Å². The third kappa shape index (κ3) is 3.05. The minimum atomic E-state index is -0.497. The van der Waals surface area contributed by atoms with Gasteiger partial charge in [0.15, 0.2) is 0 Å². The van der Waals surface area contributed by atoms with Gasteiger partial charge in [0, 0.05) is 5.69 Å². The molecule has 3 nitrogen and oxygen atoms in total. The third-order valence-corrected chi connectivity index (χ3v) is 3.59. The molecular weight excluding hydrogens is 335 g/mol. The van der Waals surface area contributed by atoms with Gasteiger partial charge in [-0.1, -0.05) is 17.7 Å². The maximum atomic E-state index is 13.3. The first-order chi connectivity index (χ1) is 8.99. The van der Waals surface area contributed by atoms with Gasteiger partial charge in [0.1, 0.15) is 5.82 Å². The highest BCUT2D eigenvalue weighted by molar-refractivity contribution is 9.10. The summed E-state index contributed by atoms with van der Waals surface area (Å²) >= 11 is 8.89. The Morgan fingerprint density at radius 1 is 1.32 bits per heavy atom. The number of nitrogens with one attached hydrogen (secondary N) is 1. The van der Waals surface area contributed by atoms with Crippen LogP contribution < -0.4 is 11.1 Å². The maximum absolute atomic E-state index is 13.3. The van der Waals surface area contributed by atoms with Crippen molar-refractivity contribution in [2.45, 2.75) is 0 Å². The Morgan fingerprint density at radius 3 is 2.74 bits per heavy atom. The zero-order valence-corrected chi connectivity index (χ0v) is 11.9. The van der Waals surface area contributed by atoms with Crippen LogP contribution in [-0.2, 0) is 0 Å². The minimum Gasteiger partial charge on any atom is -0.398 e. The minimum absolute atomic E-state index is 0.119. The predicted octanol–water partition coefficient (Wildman–Crippen LogP) is 4.08. The molecule has 0 unspecified atom stereocenters. The number of amides is 1. The number of anilines is 2. The molecule has 1 amide bonds. The summed E-state index contributed by atoms with van der Waals surface area (Å²) in [6.07, 6.45) is 0. The normalized spacial score (nSPS) is 10.3. The fourth-order valence-corrected chi connectivity index (χ4v) is 2.11. The van der Waals surface area contributed by atoms with Crippen molar-refractivity contribution in [1.82, 2.24) is 0 Å². The second kappa shape index (κ2) is 5.59. The van der Waals surface area contributed by atoms with E-state index in [9.17, 15) is 9.18 Å². The first-order valence-corrected chi connectivity index (χ1v) is 6.46. The number of carbonyl (C=O) groups is 1. The van der Waals surface area contributed by atoms with E-state index in [2.05, 4.69) is 21.2 Å². The summed E-state index contributed by atoms with van der Waals surface area (Å²) < 4.78 is 13.5. The van der Waals surface area contributed by atoms with Crippen LogP contribution in [0.4, 0.5) is 15.8 Å². The van der Waals surface area contributed by atoms with E-state index in [4.69, 9.17) is 17.3 Å². The molecule has 0 spiro atoms. The second-order valence-corrected chi connectivity index (χ2v) is 4.99. The first-order valence-electron chi connectivity index (χ1n) is 5.29. The average molecular weight is 344 g/mol. The Hall–Kier alpha value is -1.59. The monoisotopic (exact) mass is 342 g/mol. The largest absolute Gasteiger partial charge is 0.398 e. The van der Waals surface area contributed by atoms with E-state index in [0.29, 0.717) is 16.4 Å². The van der Waals surface area contributed by atoms with E-state index in [1.165, 1.54) is 24.3 Å². The molecule has 0 fully saturated rings. The highest BCUT2D eigenvalue weighted by Gasteiger charge is 2.13. The second-order valence-electron chi connectivity index (χ2n) is 3.79. The van der Waals surface area contributed by atoms with Crippen molar-refractivity contribution in [2.75, 3.05) is 11.1 Å². The molecular formula is C13H9BrClFN2O. The van der Waals surface area contributed by atoms with Crippen LogP contribution in [0.5, 0.6) is 0 Å². The van der Waals surface area contributed by atoms with E-state index in [1.807, 2.05) is 0 Å². The molecule has 0 bridgehead atoms. The first kappa shape index (κ1) is 13.8. The number of hydrogen-bond acceptors (Lipinski definition) is 2. The molecule has 0 atom stereocenters. The van der Waals surface area contributed by atoms with Crippen molar-refractivity contribution in [3.63, 3.8) is 0 Å².